The van der Waals surface area contributed by atoms with E-state index in [2.05, 4.69) is 22.8 Å². The number of rotatable bonds is 8. The number of piperidine rings is 1. The minimum absolute atomic E-state index is 0.0912. The lowest BCUT2D eigenvalue weighted by Gasteiger charge is -2.32. The Hall–Kier alpha value is -2.24. The van der Waals surface area contributed by atoms with Crippen LogP contribution in [0.4, 0.5) is 4.79 Å². The van der Waals surface area contributed by atoms with Gasteiger partial charge in [0.2, 0.25) is 5.91 Å². The molecule has 3 rings (SSSR count). The van der Waals surface area contributed by atoms with Gasteiger partial charge in [-0.15, -0.1) is 0 Å². The Morgan fingerprint density at radius 1 is 1.07 bits per heavy atom. The highest BCUT2D eigenvalue weighted by atomic mass is 16.5. The van der Waals surface area contributed by atoms with Crippen LogP contribution in [0.1, 0.15) is 63.4 Å². The van der Waals surface area contributed by atoms with Gasteiger partial charge in [-0.05, 0) is 56.1 Å². The summed E-state index contributed by atoms with van der Waals surface area (Å²) in [5.74, 6) is 1.76. The van der Waals surface area contributed by atoms with Gasteiger partial charge in [0.25, 0.3) is 0 Å². The zero-order valence-electron chi connectivity index (χ0n) is 18.3. The van der Waals surface area contributed by atoms with Gasteiger partial charge in [-0.3, -0.25) is 4.79 Å². The molecule has 166 valence electrons. The lowest BCUT2D eigenvalue weighted by molar-refractivity contribution is -0.132. The van der Waals surface area contributed by atoms with Crippen molar-refractivity contribution in [3.8, 4) is 5.75 Å². The average molecular weight is 416 g/mol. The molecule has 30 heavy (non-hydrogen) atoms. The van der Waals surface area contributed by atoms with E-state index in [1.54, 1.807) is 7.11 Å². The van der Waals surface area contributed by atoms with Gasteiger partial charge >= 0.3 is 6.03 Å². The Balaban J connectivity index is 1.29. The quantitative estimate of drug-likeness (QED) is 0.633. The summed E-state index contributed by atoms with van der Waals surface area (Å²) in [6.07, 6.45) is 10.1. The second-order valence-corrected chi connectivity index (χ2v) is 8.68. The Kier molecular flexibility index (Phi) is 8.84. The molecule has 1 aliphatic heterocycles. The average Bonchev–Trinajstić information content (AvgIpc) is 2.78. The third-order valence-electron chi connectivity index (χ3n) is 6.46. The van der Waals surface area contributed by atoms with Crippen molar-refractivity contribution in [3.63, 3.8) is 0 Å². The van der Waals surface area contributed by atoms with E-state index >= 15 is 0 Å². The number of urea groups is 1. The summed E-state index contributed by atoms with van der Waals surface area (Å²) >= 11 is 0. The first-order valence-electron chi connectivity index (χ1n) is 11.6. The van der Waals surface area contributed by atoms with Crippen molar-refractivity contribution in [2.75, 3.05) is 26.7 Å². The molecule has 2 N–H and O–H groups in total. The third kappa shape index (κ3) is 6.92. The summed E-state index contributed by atoms with van der Waals surface area (Å²) in [4.78, 5) is 26.5. The van der Waals surface area contributed by atoms with Crippen LogP contribution < -0.4 is 15.4 Å². The van der Waals surface area contributed by atoms with Gasteiger partial charge in [-0.2, -0.15) is 0 Å². The molecular formula is C24H37N3O3. The number of benzene rings is 1. The summed E-state index contributed by atoms with van der Waals surface area (Å²) in [5.41, 5.74) is 1.25. The summed E-state index contributed by atoms with van der Waals surface area (Å²) in [6, 6.07) is 8.42. The molecule has 0 spiro atoms. The maximum absolute atomic E-state index is 12.5. The van der Waals surface area contributed by atoms with Gasteiger partial charge in [-0.25, -0.2) is 4.79 Å². The molecule has 0 aromatic heterocycles. The zero-order valence-corrected chi connectivity index (χ0v) is 18.3. The molecule has 0 radical (unpaired) electrons. The van der Waals surface area contributed by atoms with E-state index in [0.29, 0.717) is 31.3 Å². The molecule has 1 saturated heterocycles. The number of para-hydroxylation sites is 1. The number of carbonyl (C=O) groups is 2. The molecule has 6 heteroatoms. The van der Waals surface area contributed by atoms with Crippen LogP contribution >= 0.6 is 0 Å². The number of methoxy groups -OCH3 is 1. The largest absolute Gasteiger partial charge is 0.496 e. The lowest BCUT2D eigenvalue weighted by Crippen LogP contribution is -2.43. The van der Waals surface area contributed by atoms with Crippen molar-refractivity contribution >= 4 is 11.9 Å². The highest BCUT2D eigenvalue weighted by molar-refractivity contribution is 5.76. The summed E-state index contributed by atoms with van der Waals surface area (Å²) in [6.45, 7) is 2.21. The number of carbonyl (C=O) groups excluding carboxylic acids is 2. The second kappa shape index (κ2) is 11.8. The summed E-state index contributed by atoms with van der Waals surface area (Å²) in [7, 11) is 1.72. The molecule has 1 saturated carbocycles. The standard InChI is InChI=1S/C24H37N3O3/c1-30-22-11-6-5-8-20(22)18-19-13-16-27(17-14-19)23(28)12-7-15-25-24(29)26-21-9-3-2-4-10-21/h5-6,8,11,19,21H,2-4,7,9-10,12-18H2,1H3,(H2,25,26,29). The first-order valence-corrected chi connectivity index (χ1v) is 11.6. The second-order valence-electron chi connectivity index (χ2n) is 8.68. The maximum Gasteiger partial charge on any atom is 0.315 e. The van der Waals surface area contributed by atoms with Gasteiger partial charge in [0.1, 0.15) is 5.75 Å². The van der Waals surface area contributed by atoms with Crippen molar-refractivity contribution in [2.45, 2.75) is 70.3 Å². The van der Waals surface area contributed by atoms with E-state index in [1.165, 1.54) is 24.8 Å². The smallest absolute Gasteiger partial charge is 0.315 e. The van der Waals surface area contributed by atoms with Gasteiger partial charge in [-0.1, -0.05) is 37.5 Å². The predicted octanol–water partition coefficient (Wildman–Crippen LogP) is 3.89. The van der Waals surface area contributed by atoms with Crippen LogP contribution in [-0.4, -0.2) is 49.6 Å². The van der Waals surface area contributed by atoms with Crippen molar-refractivity contribution in [1.82, 2.24) is 15.5 Å². The number of nitrogens with one attached hydrogen (secondary N) is 2. The van der Waals surface area contributed by atoms with Crippen LogP contribution in [-0.2, 0) is 11.2 Å². The maximum atomic E-state index is 12.5. The first-order chi connectivity index (χ1) is 14.7. The molecule has 1 aromatic rings. The topological polar surface area (TPSA) is 70.7 Å². The molecule has 3 amide bonds. The van der Waals surface area contributed by atoms with E-state index in [1.807, 2.05) is 17.0 Å². The van der Waals surface area contributed by atoms with Gasteiger partial charge in [0, 0.05) is 32.1 Å². The monoisotopic (exact) mass is 415 g/mol. The van der Waals surface area contributed by atoms with Crippen LogP contribution in [0, 0.1) is 5.92 Å². The molecular weight excluding hydrogens is 378 g/mol. The highest BCUT2D eigenvalue weighted by Gasteiger charge is 2.23. The fourth-order valence-corrected chi connectivity index (χ4v) is 4.65. The van der Waals surface area contributed by atoms with Crippen molar-refractivity contribution in [2.24, 2.45) is 5.92 Å². The molecule has 2 aliphatic rings. The molecule has 1 aromatic carbocycles. The van der Waals surface area contributed by atoms with Crippen LogP contribution in [0.15, 0.2) is 24.3 Å². The predicted molar refractivity (Wildman–Crippen MR) is 119 cm³/mol. The number of hydrogen-bond donors (Lipinski definition) is 2. The van der Waals surface area contributed by atoms with E-state index < -0.39 is 0 Å². The number of ether oxygens (including phenoxy) is 1. The van der Waals surface area contributed by atoms with E-state index in [4.69, 9.17) is 4.74 Å². The molecule has 0 atom stereocenters. The Labute approximate surface area is 180 Å². The lowest BCUT2D eigenvalue weighted by atomic mass is 9.89. The van der Waals surface area contributed by atoms with Gasteiger partial charge in [0.05, 0.1) is 7.11 Å². The normalized spacial score (nSPS) is 18.1. The molecule has 1 aliphatic carbocycles. The van der Waals surface area contributed by atoms with Gasteiger partial charge < -0.3 is 20.3 Å². The number of hydrogen-bond acceptors (Lipinski definition) is 3. The minimum atomic E-state index is -0.0912. The van der Waals surface area contributed by atoms with Crippen LogP contribution in [0.2, 0.25) is 0 Å². The number of likely N-dealkylation sites (tertiary alicyclic amines) is 1. The molecule has 0 bridgehead atoms. The third-order valence-corrected chi connectivity index (χ3v) is 6.46. The summed E-state index contributed by atoms with van der Waals surface area (Å²) in [5, 5.41) is 5.95. The molecule has 1 heterocycles. The highest BCUT2D eigenvalue weighted by Crippen LogP contribution is 2.27. The minimum Gasteiger partial charge on any atom is -0.496 e. The van der Waals surface area contributed by atoms with E-state index in [9.17, 15) is 9.59 Å². The van der Waals surface area contributed by atoms with Crippen LogP contribution in [0.5, 0.6) is 5.75 Å². The first kappa shape index (κ1) is 22.4. The fraction of sp³-hybridized carbons (Fsp3) is 0.667. The fourth-order valence-electron chi connectivity index (χ4n) is 4.65. The number of nitrogens with zero attached hydrogens (tertiary/aromatic N) is 1. The van der Waals surface area contributed by atoms with Crippen LogP contribution in [0.3, 0.4) is 0 Å². The molecule has 2 fully saturated rings. The zero-order chi connectivity index (χ0) is 21.2. The molecule has 0 unspecified atom stereocenters. The number of amides is 3. The Morgan fingerprint density at radius 2 is 1.80 bits per heavy atom. The van der Waals surface area contributed by atoms with Crippen molar-refractivity contribution < 1.29 is 14.3 Å². The van der Waals surface area contributed by atoms with E-state index in [-0.39, 0.29) is 11.9 Å². The van der Waals surface area contributed by atoms with E-state index in [0.717, 1.165) is 50.9 Å². The summed E-state index contributed by atoms with van der Waals surface area (Å²) < 4.78 is 5.46. The van der Waals surface area contributed by atoms with Crippen molar-refractivity contribution in [3.05, 3.63) is 29.8 Å². The Bertz CT molecular complexity index is 680. The molecule has 6 nitrogen and oxygen atoms in total. The van der Waals surface area contributed by atoms with Gasteiger partial charge in [0.15, 0.2) is 0 Å². The Morgan fingerprint density at radius 3 is 2.53 bits per heavy atom. The SMILES string of the molecule is COc1ccccc1CC1CCN(C(=O)CCCNC(=O)NC2CCCCC2)CC1. The van der Waals surface area contributed by atoms with Crippen LogP contribution in [0.25, 0.3) is 0 Å². The van der Waals surface area contributed by atoms with Crippen molar-refractivity contribution in [1.29, 1.82) is 0 Å².